The fourth-order valence-electron chi connectivity index (χ4n) is 2.18. The van der Waals surface area contributed by atoms with E-state index in [9.17, 15) is 14.4 Å². The number of imide groups is 1. The topological polar surface area (TPSA) is 113 Å². The fraction of sp³-hybridized carbons (Fsp3) is 0.333. The molecular weight excluding hydrogens is 388 g/mol. The van der Waals surface area contributed by atoms with E-state index in [2.05, 4.69) is 9.72 Å². The van der Waals surface area contributed by atoms with Gasteiger partial charge in [0.2, 0.25) is 0 Å². The van der Waals surface area contributed by atoms with E-state index in [1.54, 1.807) is 31.7 Å². The molecule has 10 heteroatoms. The van der Waals surface area contributed by atoms with E-state index in [0.29, 0.717) is 22.2 Å². The number of aromatic nitrogens is 1. The van der Waals surface area contributed by atoms with Gasteiger partial charge in [-0.3, -0.25) is 14.9 Å². The molecule has 1 atom stereocenters. The van der Waals surface area contributed by atoms with Crippen molar-refractivity contribution in [3.63, 3.8) is 0 Å². The molecule has 2 amide bonds. The normalized spacial score (nSPS) is 11.3. The van der Waals surface area contributed by atoms with Crippen molar-refractivity contribution in [2.24, 2.45) is 0 Å². The number of nitrogens with zero attached hydrogens (tertiary/aromatic N) is 1. The van der Waals surface area contributed by atoms with Gasteiger partial charge in [0.15, 0.2) is 17.6 Å². The average molecular weight is 408 g/mol. The number of nitrogens with one attached hydrogen (secondary N) is 1. The molecule has 2 rings (SSSR count). The fourth-order valence-corrected chi connectivity index (χ4v) is 3.00. The molecule has 0 bridgehead atoms. The van der Waals surface area contributed by atoms with Gasteiger partial charge in [-0.2, -0.15) is 0 Å². The van der Waals surface area contributed by atoms with E-state index in [1.165, 1.54) is 18.3 Å². The molecule has 0 saturated carbocycles. The van der Waals surface area contributed by atoms with E-state index < -0.39 is 24.1 Å². The molecule has 0 saturated heterocycles. The second kappa shape index (κ2) is 9.70. The summed E-state index contributed by atoms with van der Waals surface area (Å²) >= 11 is 1.36. The van der Waals surface area contributed by atoms with Crippen molar-refractivity contribution in [1.29, 1.82) is 0 Å². The van der Waals surface area contributed by atoms with Crippen LogP contribution >= 0.6 is 11.3 Å². The Morgan fingerprint density at radius 2 is 1.86 bits per heavy atom. The maximum absolute atomic E-state index is 12.0. The summed E-state index contributed by atoms with van der Waals surface area (Å²) in [6.45, 7) is 1.35. The smallest absolute Gasteiger partial charge is 0.413 e. The van der Waals surface area contributed by atoms with Crippen LogP contribution in [-0.2, 0) is 25.5 Å². The van der Waals surface area contributed by atoms with Crippen LogP contribution in [0, 0.1) is 0 Å². The molecule has 0 aliphatic rings. The zero-order chi connectivity index (χ0) is 20.7. The Morgan fingerprint density at radius 3 is 2.50 bits per heavy atom. The van der Waals surface area contributed by atoms with Crippen LogP contribution in [0.2, 0.25) is 0 Å². The highest BCUT2D eigenvalue weighted by Gasteiger charge is 2.21. The van der Waals surface area contributed by atoms with Crippen LogP contribution in [0.15, 0.2) is 23.6 Å². The van der Waals surface area contributed by atoms with Crippen molar-refractivity contribution < 1.29 is 33.3 Å². The Kier molecular flexibility index (Phi) is 7.33. The Hall–Kier alpha value is -3.14. The number of esters is 1. The second-order valence-corrected chi connectivity index (χ2v) is 6.36. The zero-order valence-corrected chi connectivity index (χ0v) is 16.6. The number of carbonyl (C=O) groups is 3. The third-order valence-electron chi connectivity index (χ3n) is 3.60. The molecule has 0 unspecified atom stereocenters. The van der Waals surface area contributed by atoms with Gasteiger partial charge in [-0.1, -0.05) is 0 Å². The van der Waals surface area contributed by atoms with Gasteiger partial charge in [-0.25, -0.2) is 9.78 Å². The van der Waals surface area contributed by atoms with Crippen LogP contribution in [0.5, 0.6) is 11.5 Å². The monoisotopic (exact) mass is 408 g/mol. The molecule has 0 aliphatic heterocycles. The lowest BCUT2D eigenvalue weighted by Gasteiger charge is -2.11. The summed E-state index contributed by atoms with van der Waals surface area (Å²) in [5, 5.41) is 4.35. The molecule has 9 nitrogen and oxygen atoms in total. The van der Waals surface area contributed by atoms with Crippen molar-refractivity contribution in [2.75, 3.05) is 21.3 Å². The minimum absolute atomic E-state index is 0.111. The number of benzene rings is 1. The average Bonchev–Trinajstić information content (AvgIpc) is 3.15. The van der Waals surface area contributed by atoms with Crippen LogP contribution in [0.1, 0.15) is 12.6 Å². The number of hydrogen-bond donors (Lipinski definition) is 1. The number of thiazole rings is 1. The Balaban J connectivity index is 2.00. The number of alkyl carbamates (subject to hydrolysis) is 1. The van der Waals surface area contributed by atoms with Gasteiger partial charge in [0.05, 0.1) is 33.4 Å². The third-order valence-corrected chi connectivity index (χ3v) is 4.54. The number of hydrogen-bond acceptors (Lipinski definition) is 9. The van der Waals surface area contributed by atoms with Crippen molar-refractivity contribution in [3.8, 4) is 22.1 Å². The lowest BCUT2D eigenvalue weighted by molar-refractivity contribution is -0.154. The van der Waals surface area contributed by atoms with Gasteiger partial charge < -0.3 is 18.9 Å². The number of ether oxygens (including phenoxy) is 4. The maximum Gasteiger partial charge on any atom is 0.413 e. The molecule has 0 radical (unpaired) electrons. The molecule has 1 heterocycles. The standard InChI is InChI=1S/C18H20N2O7S/c1-10(16(22)20-18(23)26-4)27-15(21)8-12-9-28-17(19-12)11-5-6-13(24-2)14(7-11)25-3/h5-7,9-10H,8H2,1-4H3,(H,20,22,23)/t10-/m0/s1. The van der Waals surface area contributed by atoms with Crippen LogP contribution in [0.3, 0.4) is 0 Å². The number of methoxy groups -OCH3 is 3. The molecule has 150 valence electrons. The lowest BCUT2D eigenvalue weighted by Crippen LogP contribution is -2.39. The number of carbonyl (C=O) groups excluding carboxylic acids is 3. The summed E-state index contributed by atoms with van der Waals surface area (Å²) in [4.78, 5) is 39.1. The van der Waals surface area contributed by atoms with Crippen LogP contribution in [0.4, 0.5) is 4.79 Å². The SMILES string of the molecule is COC(=O)NC(=O)[C@H](C)OC(=O)Cc1csc(-c2ccc(OC)c(OC)c2)n1. The quantitative estimate of drug-likeness (QED) is 0.694. The summed E-state index contributed by atoms with van der Waals surface area (Å²) in [6, 6.07) is 5.39. The first-order chi connectivity index (χ1) is 13.4. The van der Waals surface area contributed by atoms with Gasteiger partial charge >= 0.3 is 12.1 Å². The van der Waals surface area contributed by atoms with E-state index in [4.69, 9.17) is 14.2 Å². The number of amides is 2. The summed E-state index contributed by atoms with van der Waals surface area (Å²) in [5.41, 5.74) is 1.31. The van der Waals surface area contributed by atoms with E-state index in [0.717, 1.165) is 12.7 Å². The minimum atomic E-state index is -1.14. The highest BCUT2D eigenvalue weighted by molar-refractivity contribution is 7.13. The molecule has 2 aromatic rings. The van der Waals surface area contributed by atoms with Crippen molar-refractivity contribution in [2.45, 2.75) is 19.4 Å². The lowest BCUT2D eigenvalue weighted by atomic mass is 10.2. The van der Waals surface area contributed by atoms with Crippen molar-refractivity contribution in [1.82, 2.24) is 10.3 Å². The molecule has 28 heavy (non-hydrogen) atoms. The van der Waals surface area contributed by atoms with Gasteiger partial charge in [0, 0.05) is 10.9 Å². The number of rotatable bonds is 7. The predicted octanol–water partition coefficient (Wildman–Crippen LogP) is 2.18. The van der Waals surface area contributed by atoms with E-state index in [1.807, 2.05) is 11.4 Å². The molecule has 0 spiro atoms. The van der Waals surface area contributed by atoms with Gasteiger partial charge in [0.1, 0.15) is 5.01 Å². The maximum atomic E-state index is 12.0. The summed E-state index contributed by atoms with van der Waals surface area (Å²) in [5.74, 6) is -0.242. The van der Waals surface area contributed by atoms with Crippen molar-refractivity contribution in [3.05, 3.63) is 29.3 Å². The van der Waals surface area contributed by atoms with Gasteiger partial charge in [0.25, 0.3) is 5.91 Å². The highest BCUT2D eigenvalue weighted by atomic mass is 32.1. The molecular formula is C18H20N2O7S. The largest absolute Gasteiger partial charge is 0.493 e. The summed E-state index contributed by atoms with van der Waals surface area (Å²) < 4.78 is 19.8. The second-order valence-electron chi connectivity index (χ2n) is 5.50. The Morgan fingerprint density at radius 1 is 1.14 bits per heavy atom. The molecule has 1 aromatic carbocycles. The summed E-state index contributed by atoms with van der Waals surface area (Å²) in [6.07, 6.45) is -2.18. The molecule has 0 aliphatic carbocycles. The molecule has 1 aromatic heterocycles. The Bertz CT molecular complexity index is 865. The predicted molar refractivity (Wildman–Crippen MR) is 100 cm³/mol. The van der Waals surface area contributed by atoms with Gasteiger partial charge in [-0.05, 0) is 25.1 Å². The first-order valence-electron chi connectivity index (χ1n) is 8.13. The van der Waals surface area contributed by atoms with Crippen molar-refractivity contribution >= 4 is 29.3 Å². The molecule has 1 N–H and O–H groups in total. The first-order valence-corrected chi connectivity index (χ1v) is 9.01. The molecule has 0 fully saturated rings. The van der Waals surface area contributed by atoms with Gasteiger partial charge in [-0.15, -0.1) is 11.3 Å². The third kappa shape index (κ3) is 5.43. The Labute approximate surface area is 165 Å². The van der Waals surface area contributed by atoms with Crippen LogP contribution in [-0.4, -0.2) is 50.4 Å². The van der Waals surface area contributed by atoms with E-state index >= 15 is 0 Å². The van der Waals surface area contributed by atoms with Crippen LogP contribution < -0.4 is 14.8 Å². The van der Waals surface area contributed by atoms with Crippen LogP contribution in [0.25, 0.3) is 10.6 Å². The summed E-state index contributed by atoms with van der Waals surface area (Å²) in [7, 11) is 4.22. The minimum Gasteiger partial charge on any atom is -0.493 e. The first kappa shape index (κ1) is 21.2. The zero-order valence-electron chi connectivity index (χ0n) is 15.8. The highest BCUT2D eigenvalue weighted by Crippen LogP contribution is 2.33. The van der Waals surface area contributed by atoms with E-state index in [-0.39, 0.29) is 6.42 Å².